The summed E-state index contributed by atoms with van der Waals surface area (Å²) in [6, 6.07) is 14.3. The fourth-order valence-corrected chi connectivity index (χ4v) is 3.77. The number of hydrogen-bond acceptors (Lipinski definition) is 4. The van der Waals surface area contributed by atoms with Gasteiger partial charge in [0, 0.05) is 29.8 Å². The number of alkyl halides is 2. The summed E-state index contributed by atoms with van der Waals surface area (Å²) < 4.78 is 35.2. The molecule has 1 aliphatic rings. The summed E-state index contributed by atoms with van der Waals surface area (Å²) in [6.45, 7) is -1.11. The van der Waals surface area contributed by atoms with E-state index in [1.807, 2.05) is 12.1 Å². The Bertz CT molecular complexity index is 812. The number of halogens is 3. The van der Waals surface area contributed by atoms with Crippen LogP contribution in [0.15, 0.2) is 53.0 Å². The molecule has 156 valence electrons. The van der Waals surface area contributed by atoms with Crippen LogP contribution in [0, 0.1) is 0 Å². The molecule has 0 aliphatic carbocycles. The first-order chi connectivity index (χ1) is 14.0. The minimum absolute atomic E-state index is 0.0900. The van der Waals surface area contributed by atoms with Crippen LogP contribution in [0.2, 0.25) is 0 Å². The molecule has 0 aromatic heterocycles. The van der Waals surface area contributed by atoms with Crippen LogP contribution in [0.4, 0.5) is 8.78 Å². The monoisotopic (exact) mass is 468 g/mol. The van der Waals surface area contributed by atoms with Gasteiger partial charge in [-0.3, -0.25) is 10.1 Å². The maximum Gasteiger partial charge on any atom is 0.387 e. The molecule has 0 radical (unpaired) electrons. The highest BCUT2D eigenvalue weighted by atomic mass is 79.9. The predicted molar refractivity (Wildman–Crippen MR) is 109 cm³/mol. The molecule has 0 spiro atoms. The van der Waals surface area contributed by atoms with Crippen molar-refractivity contribution in [2.75, 3.05) is 19.8 Å². The lowest BCUT2D eigenvalue weighted by Gasteiger charge is -2.38. The van der Waals surface area contributed by atoms with Crippen molar-refractivity contribution in [1.29, 1.82) is 0 Å². The predicted octanol–water partition coefficient (Wildman–Crippen LogP) is 3.96. The van der Waals surface area contributed by atoms with Gasteiger partial charge in [-0.05, 0) is 48.2 Å². The molecule has 1 fully saturated rings. The van der Waals surface area contributed by atoms with E-state index in [1.165, 1.54) is 12.1 Å². The van der Waals surface area contributed by atoms with E-state index < -0.39 is 6.61 Å². The molecule has 1 amide bonds. The lowest BCUT2D eigenvalue weighted by Crippen LogP contribution is -2.50. The largest absolute Gasteiger partial charge is 0.435 e. The van der Waals surface area contributed by atoms with Gasteiger partial charge in [0.2, 0.25) is 5.91 Å². The van der Waals surface area contributed by atoms with Gasteiger partial charge in [-0.25, -0.2) is 0 Å². The van der Waals surface area contributed by atoms with Gasteiger partial charge in [-0.2, -0.15) is 8.78 Å². The van der Waals surface area contributed by atoms with E-state index in [2.05, 4.69) is 43.4 Å². The molecule has 0 atom stereocenters. The molecule has 2 N–H and O–H groups in total. The Morgan fingerprint density at radius 3 is 2.55 bits per heavy atom. The molecule has 1 saturated heterocycles. The Balaban J connectivity index is 1.55. The third-order valence-electron chi connectivity index (χ3n) is 4.95. The highest BCUT2D eigenvalue weighted by molar-refractivity contribution is 9.10. The molecule has 1 heterocycles. The fraction of sp³-hybridized carbons (Fsp3) is 0.381. The van der Waals surface area contributed by atoms with Gasteiger partial charge in [-0.15, -0.1) is 0 Å². The molecular weight excluding hydrogens is 446 g/mol. The van der Waals surface area contributed by atoms with Gasteiger partial charge in [0.1, 0.15) is 5.75 Å². The summed E-state index contributed by atoms with van der Waals surface area (Å²) in [7, 11) is 0. The zero-order chi connectivity index (χ0) is 20.7. The van der Waals surface area contributed by atoms with Gasteiger partial charge in [0.15, 0.2) is 0 Å². The number of hydrogen-bond donors (Lipinski definition) is 2. The summed E-state index contributed by atoms with van der Waals surface area (Å²) in [5.41, 5.74) is 1.61. The average Bonchev–Trinajstić information content (AvgIpc) is 2.72. The molecule has 5 nitrogen and oxygen atoms in total. The molecular formula is C21H23BrF2N2O3. The Hall–Kier alpha value is -2.03. The molecule has 29 heavy (non-hydrogen) atoms. The van der Waals surface area contributed by atoms with Crippen LogP contribution in [0.1, 0.15) is 24.0 Å². The van der Waals surface area contributed by atoms with E-state index in [1.54, 1.807) is 12.1 Å². The maximum absolute atomic E-state index is 12.4. The number of carbonyl (C=O) groups is 1. The van der Waals surface area contributed by atoms with E-state index >= 15 is 0 Å². The molecule has 8 heteroatoms. The Labute approximate surface area is 176 Å². The third kappa shape index (κ3) is 6.22. The van der Waals surface area contributed by atoms with Crippen molar-refractivity contribution >= 4 is 21.8 Å². The van der Waals surface area contributed by atoms with Crippen molar-refractivity contribution in [3.05, 3.63) is 64.1 Å². The summed E-state index contributed by atoms with van der Waals surface area (Å²) in [6.07, 6.45) is 1.56. The SMILES string of the molecule is O=C(CNC1(c2cccc(Br)c2)CCOCC1)NCc1ccc(OC(F)F)cc1. The van der Waals surface area contributed by atoms with E-state index in [-0.39, 0.29) is 23.7 Å². The first kappa shape index (κ1) is 21.7. The van der Waals surface area contributed by atoms with Crippen LogP contribution < -0.4 is 15.4 Å². The second kappa shape index (κ2) is 10.1. The van der Waals surface area contributed by atoms with Crippen molar-refractivity contribution in [2.24, 2.45) is 0 Å². The van der Waals surface area contributed by atoms with Gasteiger partial charge in [0.25, 0.3) is 0 Å². The average molecular weight is 469 g/mol. The number of carbonyl (C=O) groups excluding carboxylic acids is 1. The van der Waals surface area contributed by atoms with Crippen LogP contribution in [-0.4, -0.2) is 32.3 Å². The van der Waals surface area contributed by atoms with Crippen LogP contribution in [0.3, 0.4) is 0 Å². The lowest BCUT2D eigenvalue weighted by atomic mass is 9.82. The van der Waals surface area contributed by atoms with Gasteiger partial charge >= 0.3 is 6.61 Å². The van der Waals surface area contributed by atoms with Crippen LogP contribution >= 0.6 is 15.9 Å². The van der Waals surface area contributed by atoms with E-state index in [4.69, 9.17) is 4.74 Å². The van der Waals surface area contributed by atoms with Crippen molar-refractivity contribution in [1.82, 2.24) is 10.6 Å². The van der Waals surface area contributed by atoms with Gasteiger partial charge < -0.3 is 14.8 Å². The minimum Gasteiger partial charge on any atom is -0.435 e. The number of ether oxygens (including phenoxy) is 2. The second-order valence-corrected chi connectivity index (χ2v) is 7.77. The zero-order valence-corrected chi connectivity index (χ0v) is 17.4. The minimum atomic E-state index is -2.85. The van der Waals surface area contributed by atoms with Crippen molar-refractivity contribution in [3.63, 3.8) is 0 Å². The zero-order valence-electron chi connectivity index (χ0n) is 15.8. The van der Waals surface area contributed by atoms with Crippen LogP contribution in [0.25, 0.3) is 0 Å². The molecule has 0 unspecified atom stereocenters. The van der Waals surface area contributed by atoms with Crippen LogP contribution in [-0.2, 0) is 21.6 Å². The normalized spacial score (nSPS) is 15.9. The van der Waals surface area contributed by atoms with Crippen molar-refractivity contribution in [3.8, 4) is 5.75 Å². The molecule has 1 aliphatic heterocycles. The Kier molecular flexibility index (Phi) is 7.57. The molecule has 0 bridgehead atoms. The highest BCUT2D eigenvalue weighted by Gasteiger charge is 2.34. The summed E-state index contributed by atoms with van der Waals surface area (Å²) in [5.74, 6) is -0.0500. The number of rotatable bonds is 8. The highest BCUT2D eigenvalue weighted by Crippen LogP contribution is 2.33. The number of amides is 1. The Morgan fingerprint density at radius 2 is 1.90 bits per heavy atom. The third-order valence-corrected chi connectivity index (χ3v) is 5.44. The first-order valence-corrected chi connectivity index (χ1v) is 10.2. The molecule has 2 aromatic rings. The standard InChI is InChI=1S/C21H23BrF2N2O3/c22-17-3-1-2-16(12-17)21(8-10-28-11-9-21)26-14-19(27)25-13-15-4-6-18(7-5-15)29-20(23)24/h1-7,12,20,26H,8-11,13-14H2,(H,25,27). The van der Waals surface area contributed by atoms with Crippen LogP contribution in [0.5, 0.6) is 5.75 Å². The first-order valence-electron chi connectivity index (χ1n) is 9.36. The molecule has 3 rings (SSSR count). The summed E-state index contributed by atoms with van der Waals surface area (Å²) in [5, 5.41) is 6.28. The summed E-state index contributed by atoms with van der Waals surface area (Å²) in [4.78, 5) is 12.4. The van der Waals surface area contributed by atoms with Crippen molar-refractivity contribution < 1.29 is 23.0 Å². The second-order valence-electron chi connectivity index (χ2n) is 6.86. The van der Waals surface area contributed by atoms with Gasteiger partial charge in [0.05, 0.1) is 6.54 Å². The quantitative estimate of drug-likeness (QED) is 0.615. The molecule has 2 aromatic carbocycles. The fourth-order valence-electron chi connectivity index (χ4n) is 3.37. The number of benzene rings is 2. The topological polar surface area (TPSA) is 59.6 Å². The van der Waals surface area contributed by atoms with E-state index in [0.717, 1.165) is 28.4 Å². The van der Waals surface area contributed by atoms with E-state index in [0.29, 0.717) is 19.8 Å². The van der Waals surface area contributed by atoms with Gasteiger partial charge in [-0.1, -0.05) is 40.2 Å². The van der Waals surface area contributed by atoms with Crippen molar-refractivity contribution in [2.45, 2.75) is 31.5 Å². The maximum atomic E-state index is 12.4. The van der Waals surface area contributed by atoms with E-state index in [9.17, 15) is 13.6 Å². The molecule has 0 saturated carbocycles. The summed E-state index contributed by atoms with van der Waals surface area (Å²) >= 11 is 3.51. The number of nitrogens with one attached hydrogen (secondary N) is 2. The Morgan fingerprint density at radius 1 is 1.17 bits per heavy atom. The lowest BCUT2D eigenvalue weighted by molar-refractivity contribution is -0.121. The smallest absolute Gasteiger partial charge is 0.387 e.